The fourth-order valence-electron chi connectivity index (χ4n) is 4.32. The highest BCUT2D eigenvalue weighted by Crippen LogP contribution is 2.35. The number of aromatic nitrogens is 2. The van der Waals surface area contributed by atoms with Crippen molar-refractivity contribution < 1.29 is 22.9 Å². The Hall–Kier alpha value is -3.86. The van der Waals surface area contributed by atoms with Crippen molar-refractivity contribution in [3.8, 4) is 5.69 Å². The topological polar surface area (TPSA) is 81.3 Å². The molecule has 184 valence electrons. The number of fused-ring (bicyclic) bond motifs is 2. The molecule has 0 saturated carbocycles. The molecule has 11 heteroatoms. The van der Waals surface area contributed by atoms with Crippen molar-refractivity contribution in [2.75, 3.05) is 17.2 Å². The number of hydrogen-bond acceptors (Lipinski definition) is 5. The largest absolute Gasteiger partial charge is 0.416 e. The molecule has 0 N–H and O–H groups in total. The van der Waals surface area contributed by atoms with E-state index in [1.54, 1.807) is 4.90 Å². The molecule has 1 amide bonds. The van der Waals surface area contributed by atoms with E-state index in [2.05, 4.69) is 4.98 Å². The molecule has 0 aliphatic carbocycles. The number of nitro benzene ring substituents is 1. The van der Waals surface area contributed by atoms with Crippen LogP contribution in [0.2, 0.25) is 0 Å². The number of anilines is 1. The number of carbonyl (C=O) groups is 1. The highest BCUT2D eigenvalue weighted by molar-refractivity contribution is 7.99. The summed E-state index contributed by atoms with van der Waals surface area (Å²) in [4.78, 5) is 30.0. The van der Waals surface area contributed by atoms with Crippen LogP contribution in [0.15, 0.2) is 71.9 Å². The van der Waals surface area contributed by atoms with Gasteiger partial charge in [-0.15, -0.1) is 0 Å². The number of nitrogens with zero attached hydrogens (tertiary/aromatic N) is 4. The first-order valence-corrected chi connectivity index (χ1v) is 12.1. The van der Waals surface area contributed by atoms with Crippen LogP contribution in [0.25, 0.3) is 16.7 Å². The van der Waals surface area contributed by atoms with Gasteiger partial charge in [-0.25, -0.2) is 4.98 Å². The minimum Gasteiger partial charge on any atom is -0.311 e. The van der Waals surface area contributed by atoms with E-state index in [4.69, 9.17) is 0 Å². The third kappa shape index (κ3) is 4.53. The molecule has 7 nitrogen and oxygen atoms in total. The maximum Gasteiger partial charge on any atom is 0.416 e. The normalized spacial score (nSPS) is 13.6. The minimum atomic E-state index is -4.55. The Bertz CT molecular complexity index is 1490. The first-order valence-electron chi connectivity index (χ1n) is 11.1. The van der Waals surface area contributed by atoms with Crippen LogP contribution < -0.4 is 4.90 Å². The number of non-ortho nitro benzene ring substituents is 1. The number of benzene rings is 3. The molecule has 0 fully saturated rings. The van der Waals surface area contributed by atoms with E-state index in [-0.39, 0.29) is 33.7 Å². The van der Waals surface area contributed by atoms with E-state index in [0.717, 1.165) is 48.0 Å². The van der Waals surface area contributed by atoms with Gasteiger partial charge in [0.25, 0.3) is 5.69 Å². The predicted octanol–water partition coefficient (Wildman–Crippen LogP) is 6.02. The van der Waals surface area contributed by atoms with Crippen LogP contribution in [0.3, 0.4) is 0 Å². The number of nitro groups is 1. The number of amides is 1. The van der Waals surface area contributed by atoms with Gasteiger partial charge < -0.3 is 4.90 Å². The summed E-state index contributed by atoms with van der Waals surface area (Å²) in [6, 6.07) is 16.4. The summed E-state index contributed by atoms with van der Waals surface area (Å²) >= 11 is 1.08. The van der Waals surface area contributed by atoms with Gasteiger partial charge >= 0.3 is 6.18 Å². The number of carbonyl (C=O) groups excluding carboxylic acids is 1. The van der Waals surface area contributed by atoms with Gasteiger partial charge in [-0.2, -0.15) is 13.2 Å². The van der Waals surface area contributed by atoms with E-state index >= 15 is 0 Å². The number of halogens is 3. The van der Waals surface area contributed by atoms with Gasteiger partial charge in [-0.05, 0) is 48.7 Å². The fourth-order valence-corrected chi connectivity index (χ4v) is 5.23. The number of imidazole rings is 1. The zero-order valence-corrected chi connectivity index (χ0v) is 19.6. The third-order valence-electron chi connectivity index (χ3n) is 5.99. The lowest BCUT2D eigenvalue weighted by atomic mass is 10.0. The van der Waals surface area contributed by atoms with Gasteiger partial charge in [0.15, 0.2) is 5.16 Å². The maximum absolute atomic E-state index is 13.4. The molecule has 0 saturated heterocycles. The van der Waals surface area contributed by atoms with Gasteiger partial charge in [-0.3, -0.25) is 19.5 Å². The molecule has 4 aromatic rings. The molecule has 36 heavy (non-hydrogen) atoms. The van der Waals surface area contributed by atoms with Crippen molar-refractivity contribution in [2.24, 2.45) is 0 Å². The number of aryl methyl sites for hydroxylation is 1. The number of rotatable bonds is 5. The zero-order chi connectivity index (χ0) is 25.4. The lowest BCUT2D eigenvalue weighted by Gasteiger charge is -2.29. The second-order valence-electron chi connectivity index (χ2n) is 8.27. The summed E-state index contributed by atoms with van der Waals surface area (Å²) in [6.45, 7) is 0.576. The van der Waals surface area contributed by atoms with Crippen LogP contribution in [0.1, 0.15) is 17.5 Å². The molecule has 0 spiro atoms. The molecule has 1 aromatic heterocycles. The quantitative estimate of drug-likeness (QED) is 0.185. The molecule has 0 unspecified atom stereocenters. The van der Waals surface area contributed by atoms with Gasteiger partial charge in [-0.1, -0.05) is 36.0 Å². The van der Waals surface area contributed by atoms with Crippen LogP contribution in [0, 0.1) is 10.1 Å². The lowest BCUT2D eigenvalue weighted by molar-refractivity contribution is -0.384. The number of para-hydroxylation sites is 1. The van der Waals surface area contributed by atoms with Crippen molar-refractivity contribution in [3.63, 3.8) is 0 Å². The monoisotopic (exact) mass is 512 g/mol. The van der Waals surface area contributed by atoms with Gasteiger partial charge in [0, 0.05) is 30.1 Å². The van der Waals surface area contributed by atoms with Gasteiger partial charge in [0.05, 0.1) is 27.3 Å². The van der Waals surface area contributed by atoms with Crippen LogP contribution in [-0.2, 0) is 17.4 Å². The highest BCUT2D eigenvalue weighted by atomic mass is 32.2. The lowest BCUT2D eigenvalue weighted by Crippen LogP contribution is -2.36. The van der Waals surface area contributed by atoms with Crippen LogP contribution >= 0.6 is 11.8 Å². The van der Waals surface area contributed by atoms with Crippen molar-refractivity contribution in [1.29, 1.82) is 0 Å². The smallest absolute Gasteiger partial charge is 0.311 e. The Labute approximate surface area is 207 Å². The fraction of sp³-hybridized carbons (Fsp3) is 0.200. The maximum atomic E-state index is 13.4. The van der Waals surface area contributed by atoms with Crippen molar-refractivity contribution >= 4 is 40.1 Å². The summed E-state index contributed by atoms with van der Waals surface area (Å²) in [5, 5.41) is 11.5. The molecular weight excluding hydrogens is 493 g/mol. The Kier molecular flexibility index (Phi) is 6.17. The summed E-state index contributed by atoms with van der Waals surface area (Å²) in [5.74, 6) is -0.153. The average molecular weight is 513 g/mol. The van der Waals surface area contributed by atoms with Crippen LogP contribution in [-0.4, -0.2) is 32.7 Å². The van der Waals surface area contributed by atoms with E-state index in [1.807, 2.05) is 24.3 Å². The Morgan fingerprint density at radius 1 is 1.08 bits per heavy atom. The first-order chi connectivity index (χ1) is 17.2. The predicted molar refractivity (Wildman–Crippen MR) is 131 cm³/mol. The van der Waals surface area contributed by atoms with Gasteiger partial charge in [0.2, 0.25) is 5.91 Å². The van der Waals surface area contributed by atoms with Crippen molar-refractivity contribution in [3.05, 3.63) is 88.0 Å². The van der Waals surface area contributed by atoms with E-state index in [1.165, 1.54) is 34.9 Å². The summed E-state index contributed by atoms with van der Waals surface area (Å²) < 4.78 is 41.7. The number of alkyl halides is 3. The van der Waals surface area contributed by atoms with Crippen molar-refractivity contribution in [2.45, 2.75) is 24.2 Å². The zero-order valence-electron chi connectivity index (χ0n) is 18.7. The Morgan fingerprint density at radius 3 is 2.67 bits per heavy atom. The second-order valence-corrected chi connectivity index (χ2v) is 9.22. The Balaban J connectivity index is 1.52. The standard InChI is InChI=1S/C25H19F3N4O3S/c26-25(27,28)17-7-3-8-18(13-17)31-22-11-10-19(32(34)35)14-20(22)29-24(31)36-15-23(33)30-12-4-6-16-5-1-2-9-21(16)30/h1-3,5,7-11,13-14H,4,6,12,15H2. The average Bonchev–Trinajstić information content (AvgIpc) is 3.24. The molecule has 5 rings (SSSR count). The first kappa shape index (κ1) is 23.9. The van der Waals surface area contributed by atoms with Crippen molar-refractivity contribution in [1.82, 2.24) is 9.55 Å². The molecule has 1 aliphatic heterocycles. The summed E-state index contributed by atoms with van der Waals surface area (Å²) in [7, 11) is 0. The molecule has 1 aliphatic rings. The number of thioether (sulfide) groups is 1. The minimum absolute atomic E-state index is 0.00128. The third-order valence-corrected chi connectivity index (χ3v) is 6.91. The SMILES string of the molecule is O=C(CSc1nc2cc([N+](=O)[O-])ccc2n1-c1cccc(C(F)(F)F)c1)N1CCCc2ccccc21. The van der Waals surface area contributed by atoms with Crippen LogP contribution in [0.5, 0.6) is 0 Å². The molecule has 3 aromatic carbocycles. The second kappa shape index (κ2) is 9.30. The number of hydrogen-bond donors (Lipinski definition) is 0. The van der Waals surface area contributed by atoms with E-state index in [0.29, 0.717) is 12.1 Å². The molecule has 0 bridgehead atoms. The molecule has 0 radical (unpaired) electrons. The van der Waals surface area contributed by atoms with E-state index < -0.39 is 16.7 Å². The Morgan fingerprint density at radius 2 is 1.89 bits per heavy atom. The van der Waals surface area contributed by atoms with Gasteiger partial charge in [0.1, 0.15) is 0 Å². The summed E-state index contributed by atoms with van der Waals surface area (Å²) in [5.41, 5.74) is 1.77. The highest BCUT2D eigenvalue weighted by Gasteiger charge is 2.31. The molecule has 2 heterocycles. The molecule has 0 atom stereocenters. The summed E-state index contributed by atoms with van der Waals surface area (Å²) in [6.07, 6.45) is -2.83. The van der Waals surface area contributed by atoms with Crippen LogP contribution in [0.4, 0.5) is 24.5 Å². The van der Waals surface area contributed by atoms with E-state index in [9.17, 15) is 28.1 Å². The molecular formula is C25H19F3N4O3S.